The number of hydrogen-bond acceptors (Lipinski definition) is 3. The molecule has 2 aromatic rings. The van der Waals surface area contributed by atoms with Gasteiger partial charge in [0.25, 0.3) is 5.91 Å². The zero-order valence-corrected chi connectivity index (χ0v) is 13.8. The Bertz CT molecular complexity index is 787. The Morgan fingerprint density at radius 1 is 1.16 bits per heavy atom. The molecule has 25 heavy (non-hydrogen) atoms. The maximum atomic E-state index is 12.4. The number of aromatic nitrogens is 1. The average Bonchev–Trinajstić information content (AvgIpc) is 3.20. The van der Waals surface area contributed by atoms with Crippen molar-refractivity contribution >= 4 is 28.7 Å². The van der Waals surface area contributed by atoms with E-state index in [4.69, 9.17) is 0 Å². The van der Waals surface area contributed by atoms with Gasteiger partial charge in [-0.1, -0.05) is 18.2 Å². The number of amides is 4. The number of nitrogens with one attached hydrogen (secondary N) is 2. The van der Waals surface area contributed by atoms with E-state index in [9.17, 15) is 14.4 Å². The van der Waals surface area contributed by atoms with E-state index >= 15 is 0 Å². The number of urea groups is 1. The molecule has 0 atom stereocenters. The van der Waals surface area contributed by atoms with E-state index in [-0.39, 0.29) is 24.9 Å². The van der Waals surface area contributed by atoms with Crippen LogP contribution in [0.2, 0.25) is 0 Å². The van der Waals surface area contributed by atoms with Crippen LogP contribution in [-0.2, 0) is 9.59 Å². The van der Waals surface area contributed by atoms with Crippen LogP contribution in [0.25, 0.3) is 10.9 Å². The third kappa shape index (κ3) is 2.97. The van der Waals surface area contributed by atoms with E-state index in [1.165, 1.54) is 11.1 Å². The third-order valence-corrected chi connectivity index (χ3v) is 5.07. The van der Waals surface area contributed by atoms with Gasteiger partial charge in [0, 0.05) is 30.2 Å². The molecule has 130 valence electrons. The van der Waals surface area contributed by atoms with E-state index < -0.39 is 6.03 Å². The van der Waals surface area contributed by atoms with Crippen molar-refractivity contribution in [2.45, 2.75) is 18.8 Å². The highest BCUT2D eigenvalue weighted by Gasteiger charge is 2.33. The molecule has 2 saturated heterocycles. The second-order valence-corrected chi connectivity index (χ2v) is 6.61. The van der Waals surface area contributed by atoms with Crippen molar-refractivity contribution in [3.05, 3.63) is 36.0 Å². The van der Waals surface area contributed by atoms with Crippen LogP contribution in [0.5, 0.6) is 0 Å². The Balaban J connectivity index is 1.37. The summed E-state index contributed by atoms with van der Waals surface area (Å²) in [6.07, 6.45) is 1.75. The van der Waals surface area contributed by atoms with E-state index in [0.717, 1.165) is 23.3 Å². The van der Waals surface area contributed by atoms with Crippen LogP contribution in [0, 0.1) is 0 Å². The molecule has 2 aliphatic heterocycles. The van der Waals surface area contributed by atoms with E-state index in [1.54, 1.807) is 4.90 Å². The molecule has 2 N–H and O–H groups in total. The Hall–Kier alpha value is -2.83. The first-order valence-corrected chi connectivity index (χ1v) is 8.55. The summed E-state index contributed by atoms with van der Waals surface area (Å²) in [6, 6.07) is 9.90. The average molecular weight is 340 g/mol. The molecule has 0 aliphatic carbocycles. The van der Waals surface area contributed by atoms with Crippen LogP contribution >= 0.6 is 0 Å². The number of aromatic amines is 1. The predicted octanol–water partition coefficient (Wildman–Crippen LogP) is 1.43. The monoisotopic (exact) mass is 340 g/mol. The number of carbonyl (C=O) groups excluding carboxylic acids is 3. The molecule has 0 unspecified atom stereocenters. The van der Waals surface area contributed by atoms with Gasteiger partial charge < -0.3 is 15.2 Å². The zero-order valence-electron chi connectivity index (χ0n) is 13.8. The summed E-state index contributed by atoms with van der Waals surface area (Å²) < 4.78 is 0. The number of piperidine rings is 1. The van der Waals surface area contributed by atoms with Gasteiger partial charge in [-0.2, -0.15) is 0 Å². The van der Waals surface area contributed by atoms with Gasteiger partial charge in [-0.15, -0.1) is 0 Å². The molecule has 3 heterocycles. The number of rotatable bonds is 3. The maximum Gasteiger partial charge on any atom is 0.325 e. The van der Waals surface area contributed by atoms with Crippen LogP contribution in [0.15, 0.2) is 30.3 Å². The Morgan fingerprint density at radius 2 is 1.92 bits per heavy atom. The van der Waals surface area contributed by atoms with Crippen molar-refractivity contribution in [2.75, 3.05) is 26.2 Å². The summed E-state index contributed by atoms with van der Waals surface area (Å²) in [5, 5.41) is 3.63. The van der Waals surface area contributed by atoms with Gasteiger partial charge in [0.1, 0.15) is 6.54 Å². The second-order valence-electron chi connectivity index (χ2n) is 6.61. The number of imide groups is 1. The Morgan fingerprint density at radius 3 is 2.60 bits per heavy atom. The van der Waals surface area contributed by atoms with Gasteiger partial charge in [0.05, 0.1) is 6.54 Å². The van der Waals surface area contributed by atoms with Crippen molar-refractivity contribution in [3.63, 3.8) is 0 Å². The molecule has 4 amide bonds. The second kappa shape index (κ2) is 6.23. The smallest absolute Gasteiger partial charge is 0.325 e. The highest BCUT2D eigenvalue weighted by atomic mass is 16.2. The molecule has 2 fully saturated rings. The molecular weight excluding hydrogens is 320 g/mol. The first kappa shape index (κ1) is 15.7. The quantitative estimate of drug-likeness (QED) is 0.829. The van der Waals surface area contributed by atoms with Crippen LogP contribution in [-0.4, -0.2) is 58.8 Å². The summed E-state index contributed by atoms with van der Waals surface area (Å²) in [5.41, 5.74) is 2.34. The van der Waals surface area contributed by atoms with Gasteiger partial charge in [-0.05, 0) is 30.4 Å². The highest BCUT2D eigenvalue weighted by molar-refractivity contribution is 6.04. The predicted molar refractivity (Wildman–Crippen MR) is 92.0 cm³/mol. The Kier molecular flexibility index (Phi) is 3.91. The third-order valence-electron chi connectivity index (χ3n) is 5.07. The molecule has 0 bridgehead atoms. The fourth-order valence-corrected chi connectivity index (χ4v) is 3.61. The van der Waals surface area contributed by atoms with Gasteiger partial charge in [-0.3, -0.25) is 14.5 Å². The molecule has 0 spiro atoms. The molecule has 1 aromatic heterocycles. The van der Waals surface area contributed by atoms with E-state index in [1.807, 2.05) is 12.1 Å². The number of carbonyl (C=O) groups is 3. The highest BCUT2D eigenvalue weighted by Crippen LogP contribution is 2.29. The van der Waals surface area contributed by atoms with Crippen molar-refractivity contribution in [2.24, 2.45) is 0 Å². The minimum absolute atomic E-state index is 0.0193. The number of fused-ring (bicyclic) bond motifs is 1. The summed E-state index contributed by atoms with van der Waals surface area (Å²) in [6.45, 7) is 1.10. The SMILES string of the molecule is O=C(CN1C(=O)CNC1=O)N1CCC(c2cc3ccccc3[nH]2)CC1. The molecule has 7 nitrogen and oxygen atoms in total. The lowest BCUT2D eigenvalue weighted by Crippen LogP contribution is -2.45. The van der Waals surface area contributed by atoms with Gasteiger partial charge in [0.2, 0.25) is 5.91 Å². The topological polar surface area (TPSA) is 85.5 Å². The standard InChI is InChI=1S/C18H20N4O3/c23-16-10-19-18(25)22(16)11-17(24)21-7-5-12(6-8-21)15-9-13-3-1-2-4-14(13)20-15/h1-4,9,12,20H,5-8,10-11H2,(H,19,25). The number of benzene rings is 1. The number of nitrogens with zero attached hydrogens (tertiary/aromatic N) is 2. The fraction of sp³-hybridized carbons (Fsp3) is 0.389. The van der Waals surface area contributed by atoms with Gasteiger partial charge >= 0.3 is 6.03 Å². The first-order chi connectivity index (χ1) is 12.1. The minimum Gasteiger partial charge on any atom is -0.358 e. The summed E-state index contributed by atoms with van der Waals surface area (Å²) in [7, 11) is 0. The Labute approximate surface area is 145 Å². The van der Waals surface area contributed by atoms with E-state index in [0.29, 0.717) is 19.0 Å². The minimum atomic E-state index is -0.480. The molecule has 4 rings (SSSR count). The molecule has 1 aromatic carbocycles. The van der Waals surface area contributed by atoms with Crippen molar-refractivity contribution in [3.8, 4) is 0 Å². The lowest BCUT2D eigenvalue weighted by molar-refractivity contribution is -0.137. The zero-order chi connectivity index (χ0) is 17.4. The molecular formula is C18H20N4O3. The number of H-pyrrole nitrogens is 1. The van der Waals surface area contributed by atoms with Crippen LogP contribution in [0.3, 0.4) is 0 Å². The van der Waals surface area contributed by atoms with Crippen molar-refractivity contribution in [1.29, 1.82) is 0 Å². The normalized spacial score (nSPS) is 18.9. The lowest BCUT2D eigenvalue weighted by atomic mass is 9.93. The molecule has 0 saturated carbocycles. The van der Waals surface area contributed by atoms with Crippen molar-refractivity contribution < 1.29 is 14.4 Å². The maximum absolute atomic E-state index is 12.4. The van der Waals surface area contributed by atoms with Crippen LogP contribution < -0.4 is 5.32 Å². The number of likely N-dealkylation sites (tertiary alicyclic amines) is 1. The molecule has 7 heteroatoms. The molecule has 0 radical (unpaired) electrons. The van der Waals surface area contributed by atoms with Crippen molar-refractivity contribution in [1.82, 2.24) is 20.1 Å². The van der Waals surface area contributed by atoms with Gasteiger partial charge in [-0.25, -0.2) is 4.79 Å². The van der Waals surface area contributed by atoms with Gasteiger partial charge in [0.15, 0.2) is 0 Å². The number of para-hydroxylation sites is 1. The van der Waals surface area contributed by atoms with Crippen LogP contribution in [0.1, 0.15) is 24.5 Å². The van der Waals surface area contributed by atoms with E-state index in [2.05, 4.69) is 28.5 Å². The summed E-state index contributed by atoms with van der Waals surface area (Å²) in [5.74, 6) is -0.111. The number of hydrogen-bond donors (Lipinski definition) is 2. The largest absolute Gasteiger partial charge is 0.358 e. The summed E-state index contributed by atoms with van der Waals surface area (Å²) in [4.78, 5) is 41.7. The first-order valence-electron chi connectivity index (χ1n) is 8.55. The summed E-state index contributed by atoms with van der Waals surface area (Å²) >= 11 is 0. The lowest BCUT2D eigenvalue weighted by Gasteiger charge is -2.32. The fourth-order valence-electron chi connectivity index (χ4n) is 3.61. The molecule has 2 aliphatic rings. The van der Waals surface area contributed by atoms with Crippen LogP contribution in [0.4, 0.5) is 4.79 Å².